The van der Waals surface area contributed by atoms with Crippen molar-refractivity contribution in [2.45, 2.75) is 6.42 Å². The van der Waals surface area contributed by atoms with Crippen molar-refractivity contribution in [3.8, 4) is 0 Å². The van der Waals surface area contributed by atoms with E-state index in [0.29, 0.717) is 6.54 Å². The fourth-order valence-electron chi connectivity index (χ4n) is 1.08. The quantitative estimate of drug-likeness (QED) is 0.533. The Kier molecular flexibility index (Phi) is 2.15. The third-order valence-electron chi connectivity index (χ3n) is 1.51. The molecule has 1 aliphatic heterocycles. The molecule has 1 fully saturated rings. The molecule has 1 amide bonds. The molecule has 1 rings (SSSR count). The maximum absolute atomic E-state index is 10.6. The Labute approximate surface area is 64.5 Å². The van der Waals surface area contributed by atoms with Gasteiger partial charge in [-0.15, -0.1) is 0 Å². The largest absolute Gasteiger partial charge is 0.356 e. The minimum Gasteiger partial charge on any atom is -0.356 e. The van der Waals surface area contributed by atoms with Crippen molar-refractivity contribution in [1.29, 1.82) is 0 Å². The van der Waals surface area contributed by atoms with Gasteiger partial charge in [0.25, 0.3) is 10.1 Å². The minimum absolute atomic E-state index is 0.154. The summed E-state index contributed by atoms with van der Waals surface area (Å²) in [7, 11) is -3.92. The number of carbonyl (C=O) groups excluding carboxylic acids is 1. The molecule has 1 heterocycles. The second kappa shape index (κ2) is 2.78. The van der Waals surface area contributed by atoms with Crippen LogP contribution in [0.1, 0.15) is 6.42 Å². The molecular weight excluding hydrogens is 170 g/mol. The van der Waals surface area contributed by atoms with Crippen LogP contribution in [0, 0.1) is 5.92 Å². The average Bonchev–Trinajstić information content (AvgIpc) is 2.10. The molecule has 0 aliphatic carbocycles. The normalized spacial score (nSPS) is 25.2. The molecule has 0 saturated carbocycles. The Morgan fingerprint density at radius 1 is 1.64 bits per heavy atom. The van der Waals surface area contributed by atoms with Crippen LogP contribution in [-0.4, -0.2) is 31.2 Å². The van der Waals surface area contributed by atoms with Gasteiger partial charge in [0.1, 0.15) is 0 Å². The molecule has 0 spiro atoms. The van der Waals surface area contributed by atoms with Gasteiger partial charge in [-0.2, -0.15) is 8.42 Å². The van der Waals surface area contributed by atoms with Crippen LogP contribution in [0.15, 0.2) is 0 Å². The van der Waals surface area contributed by atoms with E-state index in [2.05, 4.69) is 5.32 Å². The molecule has 6 heteroatoms. The van der Waals surface area contributed by atoms with Gasteiger partial charge in [-0.3, -0.25) is 9.35 Å². The maximum atomic E-state index is 10.6. The first-order valence-electron chi connectivity index (χ1n) is 3.19. The van der Waals surface area contributed by atoms with Gasteiger partial charge in [0.2, 0.25) is 5.91 Å². The molecule has 0 aromatic carbocycles. The number of hydrogen-bond donors (Lipinski definition) is 2. The molecule has 1 atom stereocenters. The highest BCUT2D eigenvalue weighted by Gasteiger charge is 2.25. The van der Waals surface area contributed by atoms with Gasteiger partial charge in [-0.25, -0.2) is 0 Å². The van der Waals surface area contributed by atoms with Crippen LogP contribution in [0.2, 0.25) is 0 Å². The molecule has 2 N–H and O–H groups in total. The smallest absolute Gasteiger partial charge is 0.265 e. The molecule has 0 aromatic heterocycles. The van der Waals surface area contributed by atoms with Gasteiger partial charge in [-0.1, -0.05) is 0 Å². The van der Waals surface area contributed by atoms with Gasteiger partial charge in [0.15, 0.2) is 0 Å². The summed E-state index contributed by atoms with van der Waals surface area (Å²) in [5.41, 5.74) is 0. The molecule has 0 bridgehead atoms. The third-order valence-corrected chi connectivity index (χ3v) is 2.40. The molecule has 5 nitrogen and oxygen atoms in total. The number of carbonyl (C=O) groups is 1. The first kappa shape index (κ1) is 8.48. The van der Waals surface area contributed by atoms with E-state index in [1.54, 1.807) is 0 Å². The SMILES string of the molecule is O=C1CC(CS(=O)(=O)O)CN1. The van der Waals surface area contributed by atoms with E-state index in [9.17, 15) is 13.2 Å². The van der Waals surface area contributed by atoms with E-state index in [0.717, 1.165) is 0 Å². The lowest BCUT2D eigenvalue weighted by Crippen LogP contribution is -2.18. The highest BCUT2D eigenvalue weighted by molar-refractivity contribution is 7.85. The Bertz CT molecular complexity index is 258. The lowest BCUT2D eigenvalue weighted by Gasteiger charge is -2.01. The van der Waals surface area contributed by atoms with E-state index in [1.165, 1.54) is 0 Å². The zero-order chi connectivity index (χ0) is 8.48. The van der Waals surface area contributed by atoms with Crippen molar-refractivity contribution in [3.63, 3.8) is 0 Å². The van der Waals surface area contributed by atoms with Crippen LogP contribution in [0.4, 0.5) is 0 Å². The summed E-state index contributed by atoms with van der Waals surface area (Å²) >= 11 is 0. The predicted octanol–water partition coefficient (Wildman–Crippen LogP) is -0.990. The highest BCUT2D eigenvalue weighted by Crippen LogP contribution is 2.10. The van der Waals surface area contributed by atoms with E-state index in [-0.39, 0.29) is 24.0 Å². The van der Waals surface area contributed by atoms with Crippen molar-refractivity contribution in [2.75, 3.05) is 12.3 Å². The summed E-state index contributed by atoms with van der Waals surface area (Å²) in [6.07, 6.45) is 0.194. The van der Waals surface area contributed by atoms with E-state index in [1.807, 2.05) is 0 Å². The number of amides is 1. The van der Waals surface area contributed by atoms with Gasteiger partial charge in [0, 0.05) is 18.9 Å². The monoisotopic (exact) mass is 179 g/mol. The van der Waals surface area contributed by atoms with Crippen LogP contribution in [0.5, 0.6) is 0 Å². The third kappa shape index (κ3) is 2.85. The van der Waals surface area contributed by atoms with Crippen molar-refractivity contribution in [3.05, 3.63) is 0 Å². The van der Waals surface area contributed by atoms with Gasteiger partial charge in [-0.05, 0) is 0 Å². The fourth-order valence-corrected chi connectivity index (χ4v) is 1.91. The van der Waals surface area contributed by atoms with Crippen molar-refractivity contribution < 1.29 is 17.8 Å². The van der Waals surface area contributed by atoms with Crippen molar-refractivity contribution in [1.82, 2.24) is 5.32 Å². The zero-order valence-electron chi connectivity index (χ0n) is 5.78. The maximum Gasteiger partial charge on any atom is 0.265 e. The van der Waals surface area contributed by atoms with Crippen LogP contribution >= 0.6 is 0 Å². The Hall–Kier alpha value is -0.620. The number of nitrogens with one attached hydrogen (secondary N) is 1. The fraction of sp³-hybridized carbons (Fsp3) is 0.800. The zero-order valence-corrected chi connectivity index (χ0v) is 6.60. The second-order valence-electron chi connectivity index (χ2n) is 2.62. The van der Waals surface area contributed by atoms with Gasteiger partial charge in [0.05, 0.1) is 5.75 Å². The van der Waals surface area contributed by atoms with E-state index < -0.39 is 10.1 Å². The average molecular weight is 179 g/mol. The van der Waals surface area contributed by atoms with Crippen LogP contribution < -0.4 is 5.32 Å². The van der Waals surface area contributed by atoms with Gasteiger partial charge >= 0.3 is 0 Å². The molecule has 1 aliphatic rings. The lowest BCUT2D eigenvalue weighted by molar-refractivity contribution is -0.119. The summed E-state index contributed by atoms with van der Waals surface area (Å²) in [6.45, 7) is 0.346. The number of hydrogen-bond acceptors (Lipinski definition) is 3. The molecule has 0 radical (unpaired) electrons. The van der Waals surface area contributed by atoms with Crippen LogP contribution in [0.3, 0.4) is 0 Å². The second-order valence-corrected chi connectivity index (χ2v) is 4.12. The minimum atomic E-state index is -3.92. The van der Waals surface area contributed by atoms with E-state index >= 15 is 0 Å². The van der Waals surface area contributed by atoms with Crippen molar-refractivity contribution >= 4 is 16.0 Å². The van der Waals surface area contributed by atoms with Crippen LogP contribution in [-0.2, 0) is 14.9 Å². The predicted molar refractivity (Wildman–Crippen MR) is 37.5 cm³/mol. The topological polar surface area (TPSA) is 83.5 Å². The molecule has 1 saturated heterocycles. The van der Waals surface area contributed by atoms with Gasteiger partial charge < -0.3 is 5.32 Å². The lowest BCUT2D eigenvalue weighted by atomic mass is 10.2. The number of rotatable bonds is 2. The standard InChI is InChI=1S/C5H9NO4S/c7-5-1-4(2-6-5)3-11(8,9)10/h4H,1-3H2,(H,6,7)(H,8,9,10). The Morgan fingerprint density at radius 2 is 2.27 bits per heavy atom. The molecule has 64 valence electrons. The summed E-state index contributed by atoms with van der Waals surface area (Å²) in [6, 6.07) is 0. The molecule has 11 heavy (non-hydrogen) atoms. The first-order valence-corrected chi connectivity index (χ1v) is 4.80. The first-order chi connectivity index (χ1) is 4.97. The summed E-state index contributed by atoms with van der Waals surface area (Å²) < 4.78 is 29.0. The summed E-state index contributed by atoms with van der Waals surface area (Å²) in [4.78, 5) is 10.6. The summed E-state index contributed by atoms with van der Waals surface area (Å²) in [5.74, 6) is -0.748. The Balaban J connectivity index is 2.47. The molecule has 1 unspecified atom stereocenters. The molecule has 0 aromatic rings. The van der Waals surface area contributed by atoms with Crippen LogP contribution in [0.25, 0.3) is 0 Å². The van der Waals surface area contributed by atoms with E-state index in [4.69, 9.17) is 4.55 Å². The highest BCUT2D eigenvalue weighted by atomic mass is 32.2. The van der Waals surface area contributed by atoms with Crippen molar-refractivity contribution in [2.24, 2.45) is 5.92 Å². The Morgan fingerprint density at radius 3 is 2.64 bits per heavy atom. The molecular formula is C5H9NO4S. The summed E-state index contributed by atoms with van der Waals surface area (Å²) in [5, 5.41) is 2.48.